The van der Waals surface area contributed by atoms with Crippen LogP contribution in [0.15, 0.2) is 29.6 Å². The average Bonchev–Trinajstić information content (AvgIpc) is 2.75. The van der Waals surface area contributed by atoms with E-state index in [2.05, 4.69) is 4.98 Å². The molecule has 2 aromatic heterocycles. The molecule has 0 radical (unpaired) electrons. The van der Waals surface area contributed by atoms with E-state index in [1.54, 1.807) is 0 Å². The summed E-state index contributed by atoms with van der Waals surface area (Å²) in [6.07, 6.45) is -2.28. The number of rotatable bonds is 3. The first-order valence-electron chi connectivity index (χ1n) is 6.00. The van der Waals surface area contributed by atoms with Crippen molar-refractivity contribution < 1.29 is 26.4 Å². The van der Waals surface area contributed by atoms with Crippen LogP contribution in [-0.2, 0) is 9.84 Å². The molecular formula is C12H12F3N3O3S. The highest BCUT2D eigenvalue weighted by molar-refractivity contribution is 7.90. The molecule has 2 aromatic rings. The number of amides is 1. The maximum Gasteiger partial charge on any atom is 0.406 e. The summed E-state index contributed by atoms with van der Waals surface area (Å²) in [7, 11) is -2.77. The van der Waals surface area contributed by atoms with Gasteiger partial charge in [-0.15, -0.1) is 0 Å². The fourth-order valence-corrected chi connectivity index (χ4v) is 2.72. The zero-order valence-corrected chi connectivity index (χ0v) is 12.4. The van der Waals surface area contributed by atoms with Crippen molar-refractivity contribution in [2.45, 2.75) is 11.3 Å². The molecule has 0 aliphatic rings. The number of pyridine rings is 1. The van der Waals surface area contributed by atoms with Crippen LogP contribution in [-0.4, -0.2) is 54.6 Å². The molecular weight excluding hydrogens is 323 g/mol. The largest absolute Gasteiger partial charge is 0.406 e. The third-order valence-corrected chi connectivity index (χ3v) is 3.76. The number of aromatic nitrogens is 2. The van der Waals surface area contributed by atoms with E-state index >= 15 is 0 Å². The molecule has 0 N–H and O–H groups in total. The first-order chi connectivity index (χ1) is 10.0. The Labute approximate surface area is 124 Å². The number of hydrogen-bond acceptors (Lipinski definition) is 4. The number of hydrogen-bond donors (Lipinski definition) is 0. The molecule has 10 heteroatoms. The van der Waals surface area contributed by atoms with Crippen LogP contribution < -0.4 is 0 Å². The van der Waals surface area contributed by atoms with Crippen LogP contribution in [0, 0.1) is 0 Å². The van der Waals surface area contributed by atoms with Gasteiger partial charge in [-0.25, -0.2) is 13.4 Å². The minimum Gasteiger partial charge on any atom is -0.331 e. The number of alkyl halides is 3. The number of carbonyl (C=O) groups is 1. The van der Waals surface area contributed by atoms with Gasteiger partial charge < -0.3 is 4.90 Å². The molecule has 1 amide bonds. The molecule has 2 rings (SSSR count). The van der Waals surface area contributed by atoms with Crippen molar-refractivity contribution in [3.05, 3.63) is 30.1 Å². The van der Waals surface area contributed by atoms with Crippen LogP contribution in [0.2, 0.25) is 0 Å². The van der Waals surface area contributed by atoms with Gasteiger partial charge in [0.15, 0.2) is 5.69 Å². The van der Waals surface area contributed by atoms with Crippen molar-refractivity contribution in [3.8, 4) is 0 Å². The molecule has 0 saturated heterocycles. The standard InChI is InChI=1S/C12H12F3N3O3S/c1-17(7-12(13,14)15)10(19)9-8-5-3-4-6-18(8)11(16-9)22(2,20)21/h3-6H,7H2,1-2H3. The lowest BCUT2D eigenvalue weighted by Crippen LogP contribution is -2.36. The molecule has 0 fully saturated rings. The van der Waals surface area contributed by atoms with E-state index in [1.807, 2.05) is 0 Å². The van der Waals surface area contributed by atoms with Crippen molar-refractivity contribution in [2.24, 2.45) is 0 Å². The summed E-state index contributed by atoms with van der Waals surface area (Å²) in [6, 6.07) is 4.47. The maximum absolute atomic E-state index is 12.4. The highest BCUT2D eigenvalue weighted by Crippen LogP contribution is 2.21. The Morgan fingerprint density at radius 1 is 1.36 bits per heavy atom. The zero-order valence-electron chi connectivity index (χ0n) is 11.6. The topological polar surface area (TPSA) is 71.8 Å². The summed E-state index contributed by atoms with van der Waals surface area (Å²) in [4.78, 5) is 16.3. The van der Waals surface area contributed by atoms with E-state index in [0.717, 1.165) is 17.7 Å². The van der Waals surface area contributed by atoms with E-state index < -0.39 is 33.6 Å². The smallest absolute Gasteiger partial charge is 0.331 e. The summed E-state index contributed by atoms with van der Waals surface area (Å²) in [5, 5.41) is -0.396. The predicted molar refractivity (Wildman–Crippen MR) is 71.3 cm³/mol. The molecule has 0 bridgehead atoms. The van der Waals surface area contributed by atoms with Gasteiger partial charge in [0.25, 0.3) is 5.91 Å². The van der Waals surface area contributed by atoms with Crippen LogP contribution >= 0.6 is 0 Å². The number of nitrogens with zero attached hydrogens (tertiary/aromatic N) is 3. The van der Waals surface area contributed by atoms with Crippen LogP contribution in [0.3, 0.4) is 0 Å². The molecule has 6 nitrogen and oxygen atoms in total. The quantitative estimate of drug-likeness (QED) is 0.849. The van der Waals surface area contributed by atoms with E-state index in [9.17, 15) is 26.4 Å². The molecule has 0 aliphatic heterocycles. The maximum atomic E-state index is 12.4. The summed E-state index contributed by atoms with van der Waals surface area (Å²) in [5.41, 5.74) is -0.213. The van der Waals surface area contributed by atoms with Gasteiger partial charge in [0.2, 0.25) is 15.0 Å². The first kappa shape index (κ1) is 16.3. The summed E-state index contributed by atoms with van der Waals surface area (Å²) in [6.45, 7) is -1.45. The minimum atomic E-state index is -4.56. The summed E-state index contributed by atoms with van der Waals surface area (Å²) >= 11 is 0. The Hall–Kier alpha value is -2.10. The second-order valence-electron chi connectivity index (χ2n) is 4.75. The third kappa shape index (κ3) is 3.21. The van der Waals surface area contributed by atoms with Crippen LogP contribution in [0.1, 0.15) is 10.5 Å². The van der Waals surface area contributed by atoms with E-state index in [1.165, 1.54) is 24.4 Å². The van der Waals surface area contributed by atoms with Crippen molar-refractivity contribution in [3.63, 3.8) is 0 Å². The normalized spacial score (nSPS) is 12.6. The number of imidazole rings is 1. The van der Waals surface area contributed by atoms with Gasteiger partial charge in [-0.1, -0.05) is 6.07 Å². The number of carbonyl (C=O) groups excluding carboxylic acids is 1. The SMILES string of the molecule is CN(CC(F)(F)F)C(=O)c1nc(S(C)(=O)=O)n2ccccc12. The highest BCUT2D eigenvalue weighted by atomic mass is 32.2. The van der Waals surface area contributed by atoms with Gasteiger partial charge in [-0.05, 0) is 12.1 Å². The van der Waals surface area contributed by atoms with Crippen molar-refractivity contribution >= 4 is 21.3 Å². The molecule has 0 unspecified atom stereocenters. The molecule has 22 heavy (non-hydrogen) atoms. The Morgan fingerprint density at radius 3 is 2.55 bits per heavy atom. The van der Waals surface area contributed by atoms with Gasteiger partial charge in [-0.3, -0.25) is 9.20 Å². The second kappa shape index (κ2) is 5.27. The number of sulfone groups is 1. The molecule has 0 atom stereocenters. The van der Waals surface area contributed by atoms with Crippen LogP contribution in [0.25, 0.3) is 5.52 Å². The lowest BCUT2D eigenvalue weighted by atomic mass is 10.3. The monoisotopic (exact) mass is 335 g/mol. The van der Waals surface area contributed by atoms with Crippen LogP contribution in [0.4, 0.5) is 13.2 Å². The molecule has 0 aromatic carbocycles. The van der Waals surface area contributed by atoms with Gasteiger partial charge in [0.1, 0.15) is 6.54 Å². The van der Waals surface area contributed by atoms with Gasteiger partial charge in [0.05, 0.1) is 5.52 Å². The Morgan fingerprint density at radius 2 is 2.00 bits per heavy atom. The Bertz CT molecular complexity index is 827. The third-order valence-electron chi connectivity index (χ3n) is 2.81. The van der Waals surface area contributed by atoms with Crippen molar-refractivity contribution in [1.29, 1.82) is 0 Å². The second-order valence-corrected chi connectivity index (χ2v) is 6.66. The average molecular weight is 335 g/mol. The molecule has 120 valence electrons. The number of fused-ring (bicyclic) bond motifs is 1. The highest BCUT2D eigenvalue weighted by Gasteiger charge is 2.33. The lowest BCUT2D eigenvalue weighted by molar-refractivity contribution is -0.138. The number of halogens is 3. The minimum absolute atomic E-state index is 0.127. The fourth-order valence-electron chi connectivity index (χ4n) is 1.95. The summed E-state index contributed by atoms with van der Waals surface area (Å²) < 4.78 is 61.7. The molecule has 0 spiro atoms. The first-order valence-corrected chi connectivity index (χ1v) is 7.89. The Balaban J connectivity index is 2.55. The lowest BCUT2D eigenvalue weighted by Gasteiger charge is -2.17. The van der Waals surface area contributed by atoms with Gasteiger partial charge in [0, 0.05) is 19.5 Å². The molecule has 0 saturated carbocycles. The van der Waals surface area contributed by atoms with E-state index in [4.69, 9.17) is 0 Å². The Kier molecular flexibility index (Phi) is 3.90. The van der Waals surface area contributed by atoms with Gasteiger partial charge >= 0.3 is 6.18 Å². The van der Waals surface area contributed by atoms with Gasteiger partial charge in [-0.2, -0.15) is 13.2 Å². The van der Waals surface area contributed by atoms with Crippen LogP contribution in [0.5, 0.6) is 0 Å². The predicted octanol–water partition coefficient (Wildman–Crippen LogP) is 1.37. The van der Waals surface area contributed by atoms with Crippen molar-refractivity contribution in [2.75, 3.05) is 19.8 Å². The summed E-state index contributed by atoms with van der Waals surface area (Å²) in [5.74, 6) is -1.00. The van der Waals surface area contributed by atoms with Crippen molar-refractivity contribution in [1.82, 2.24) is 14.3 Å². The molecule has 2 heterocycles. The van der Waals surface area contributed by atoms with E-state index in [-0.39, 0.29) is 11.2 Å². The fraction of sp³-hybridized carbons (Fsp3) is 0.333. The molecule has 0 aliphatic carbocycles. The van der Waals surface area contributed by atoms with E-state index in [0.29, 0.717) is 4.90 Å². The zero-order chi connectivity index (χ0) is 16.7.